The summed E-state index contributed by atoms with van der Waals surface area (Å²) in [5.74, 6) is -0.693. The summed E-state index contributed by atoms with van der Waals surface area (Å²) < 4.78 is 5.03. The smallest absolute Gasteiger partial charge is 0.371 e. The number of rotatable bonds is 5. The van der Waals surface area contributed by atoms with Gasteiger partial charge in [0.15, 0.2) is 0 Å². The molecule has 0 aliphatic carbocycles. The van der Waals surface area contributed by atoms with Crippen LogP contribution in [0.15, 0.2) is 59.7 Å². The predicted molar refractivity (Wildman–Crippen MR) is 84.6 cm³/mol. The Morgan fingerprint density at radius 2 is 1.76 bits per heavy atom. The summed E-state index contributed by atoms with van der Waals surface area (Å²) in [5.41, 5.74) is 4.18. The number of carbonyl (C=O) groups excluding carboxylic acids is 1. The highest BCUT2D eigenvalue weighted by Gasteiger charge is 2.10. The summed E-state index contributed by atoms with van der Waals surface area (Å²) in [6.45, 7) is 0.145. The highest BCUT2D eigenvalue weighted by Crippen LogP contribution is 2.13. The van der Waals surface area contributed by atoms with Crippen molar-refractivity contribution < 1.29 is 9.53 Å². The van der Waals surface area contributed by atoms with E-state index in [9.17, 15) is 4.79 Å². The van der Waals surface area contributed by atoms with E-state index in [4.69, 9.17) is 27.9 Å². The molecule has 0 fully saturated rings. The van der Waals surface area contributed by atoms with Crippen molar-refractivity contribution in [1.82, 2.24) is 0 Å². The molecule has 6 heteroatoms. The van der Waals surface area contributed by atoms with E-state index >= 15 is 0 Å². The molecule has 1 N–H and O–H groups in total. The first kappa shape index (κ1) is 15.4. The molecular weight excluding hydrogens is 311 g/mol. The fourth-order valence-electron chi connectivity index (χ4n) is 1.47. The lowest BCUT2D eigenvalue weighted by atomic mass is 10.2. The van der Waals surface area contributed by atoms with Crippen LogP contribution in [-0.2, 0) is 16.1 Å². The van der Waals surface area contributed by atoms with Gasteiger partial charge in [0.25, 0.3) is 0 Å². The number of carbonyl (C=O) groups is 1. The molecule has 4 nitrogen and oxygen atoms in total. The minimum absolute atomic E-state index is 0.145. The lowest BCUT2D eigenvalue weighted by Gasteiger charge is -2.04. The average Bonchev–Trinajstić information content (AvgIpc) is 2.52. The standard InChI is InChI=1S/C15H12Cl2N2O2/c16-12-6-8-13(9-7-12)18-19-14(17)15(20)21-10-11-4-2-1-3-5-11/h1-9,18H,10H2/b19-14+. The molecule has 0 bridgehead atoms. The van der Waals surface area contributed by atoms with Gasteiger partial charge in [-0.15, -0.1) is 0 Å². The lowest BCUT2D eigenvalue weighted by Crippen LogP contribution is -2.13. The molecule has 0 saturated carbocycles. The number of nitrogens with one attached hydrogen (secondary N) is 1. The van der Waals surface area contributed by atoms with E-state index in [0.29, 0.717) is 10.7 Å². The Kier molecular flexibility index (Phi) is 5.60. The predicted octanol–water partition coefficient (Wildman–Crippen LogP) is 4.05. The van der Waals surface area contributed by atoms with Gasteiger partial charge in [0, 0.05) is 5.02 Å². The van der Waals surface area contributed by atoms with Crippen LogP contribution in [0.25, 0.3) is 0 Å². The average molecular weight is 323 g/mol. The van der Waals surface area contributed by atoms with Crippen LogP contribution in [0.1, 0.15) is 5.56 Å². The van der Waals surface area contributed by atoms with Gasteiger partial charge in [-0.2, -0.15) is 5.10 Å². The van der Waals surface area contributed by atoms with Crippen LogP contribution < -0.4 is 5.43 Å². The lowest BCUT2D eigenvalue weighted by molar-refractivity contribution is -0.136. The van der Waals surface area contributed by atoms with E-state index in [2.05, 4.69) is 10.5 Å². The fraction of sp³-hybridized carbons (Fsp3) is 0.0667. The van der Waals surface area contributed by atoms with Crippen molar-refractivity contribution in [3.05, 3.63) is 65.2 Å². The number of halogens is 2. The van der Waals surface area contributed by atoms with E-state index in [1.165, 1.54) is 0 Å². The first-order chi connectivity index (χ1) is 10.1. The van der Waals surface area contributed by atoms with Crippen LogP contribution in [0.2, 0.25) is 5.02 Å². The summed E-state index contributed by atoms with van der Waals surface area (Å²) in [4.78, 5) is 11.6. The molecule has 0 atom stereocenters. The third-order valence-electron chi connectivity index (χ3n) is 2.51. The topological polar surface area (TPSA) is 50.7 Å². The summed E-state index contributed by atoms with van der Waals surface area (Å²) in [7, 11) is 0. The van der Waals surface area contributed by atoms with Crippen molar-refractivity contribution in [3.63, 3.8) is 0 Å². The van der Waals surface area contributed by atoms with Crippen molar-refractivity contribution in [2.24, 2.45) is 5.10 Å². The zero-order valence-electron chi connectivity index (χ0n) is 10.9. The third kappa shape index (κ3) is 5.10. The quantitative estimate of drug-likeness (QED) is 0.513. The van der Waals surface area contributed by atoms with Gasteiger partial charge in [0.1, 0.15) is 6.61 Å². The molecule has 0 heterocycles. The normalized spacial score (nSPS) is 11.0. The minimum atomic E-state index is -0.693. The van der Waals surface area contributed by atoms with Gasteiger partial charge in [-0.1, -0.05) is 53.5 Å². The van der Waals surface area contributed by atoms with E-state index < -0.39 is 5.97 Å². The summed E-state index contributed by atoms with van der Waals surface area (Å²) in [6, 6.07) is 16.1. The number of benzene rings is 2. The van der Waals surface area contributed by atoms with Crippen LogP contribution in [0, 0.1) is 0 Å². The van der Waals surface area contributed by atoms with Gasteiger partial charge in [0.05, 0.1) is 5.69 Å². The Labute approximate surface area is 132 Å². The number of hydrogen-bond acceptors (Lipinski definition) is 4. The van der Waals surface area contributed by atoms with Gasteiger partial charge < -0.3 is 4.74 Å². The minimum Gasteiger partial charge on any atom is -0.455 e. The molecule has 0 aliphatic heterocycles. The molecule has 0 amide bonds. The molecule has 21 heavy (non-hydrogen) atoms. The van der Waals surface area contributed by atoms with Crippen LogP contribution in [0.5, 0.6) is 0 Å². The maximum Gasteiger partial charge on any atom is 0.371 e. The number of esters is 1. The maximum absolute atomic E-state index is 11.6. The number of ether oxygens (including phenoxy) is 1. The number of hydrazone groups is 1. The molecule has 2 rings (SSSR count). The van der Waals surface area contributed by atoms with E-state index in [-0.39, 0.29) is 11.8 Å². The van der Waals surface area contributed by atoms with Gasteiger partial charge in [-0.25, -0.2) is 4.79 Å². The monoisotopic (exact) mass is 322 g/mol. The Morgan fingerprint density at radius 3 is 2.43 bits per heavy atom. The molecule has 0 unspecified atom stereocenters. The molecule has 2 aromatic carbocycles. The molecule has 0 aliphatic rings. The fourth-order valence-corrected chi connectivity index (χ4v) is 1.69. The molecule has 0 spiro atoms. The maximum atomic E-state index is 11.6. The summed E-state index contributed by atoms with van der Waals surface area (Å²) in [6.07, 6.45) is 0. The highest BCUT2D eigenvalue weighted by molar-refractivity contribution is 6.82. The van der Waals surface area contributed by atoms with Crippen molar-refractivity contribution in [1.29, 1.82) is 0 Å². The van der Waals surface area contributed by atoms with Crippen LogP contribution >= 0.6 is 23.2 Å². The molecule has 108 valence electrons. The van der Waals surface area contributed by atoms with Crippen molar-refractivity contribution >= 4 is 40.0 Å². The van der Waals surface area contributed by atoms with Crippen LogP contribution in [-0.4, -0.2) is 11.1 Å². The second-order valence-corrected chi connectivity index (χ2v) is 4.88. The zero-order chi connectivity index (χ0) is 15.1. The zero-order valence-corrected chi connectivity index (χ0v) is 12.4. The van der Waals surface area contributed by atoms with Crippen molar-refractivity contribution in [2.75, 3.05) is 5.43 Å². The second-order valence-electron chi connectivity index (χ2n) is 4.08. The molecule has 2 aromatic rings. The van der Waals surface area contributed by atoms with Gasteiger partial charge in [0.2, 0.25) is 5.17 Å². The van der Waals surface area contributed by atoms with Crippen molar-refractivity contribution in [3.8, 4) is 0 Å². The van der Waals surface area contributed by atoms with Gasteiger partial charge >= 0.3 is 5.97 Å². The highest BCUT2D eigenvalue weighted by atomic mass is 35.5. The Balaban J connectivity index is 1.86. The molecule has 0 aromatic heterocycles. The van der Waals surface area contributed by atoms with Crippen molar-refractivity contribution in [2.45, 2.75) is 6.61 Å². The summed E-state index contributed by atoms with van der Waals surface area (Å²) in [5, 5.41) is 4.08. The number of hydrogen-bond donors (Lipinski definition) is 1. The van der Waals surface area contributed by atoms with Gasteiger partial charge in [-0.3, -0.25) is 5.43 Å². The number of anilines is 1. The SMILES string of the molecule is O=C(OCc1ccccc1)/C(Cl)=N\Nc1ccc(Cl)cc1. The first-order valence-corrected chi connectivity index (χ1v) is 6.86. The second kappa shape index (κ2) is 7.67. The summed E-state index contributed by atoms with van der Waals surface area (Å²) >= 11 is 11.5. The van der Waals surface area contributed by atoms with E-state index in [1.807, 2.05) is 30.3 Å². The molecular formula is C15H12Cl2N2O2. The van der Waals surface area contributed by atoms with E-state index in [1.54, 1.807) is 24.3 Å². The van der Waals surface area contributed by atoms with Crippen LogP contribution in [0.4, 0.5) is 5.69 Å². The molecule has 0 radical (unpaired) electrons. The molecule has 0 saturated heterocycles. The van der Waals surface area contributed by atoms with Gasteiger partial charge in [-0.05, 0) is 29.8 Å². The first-order valence-electron chi connectivity index (χ1n) is 6.11. The largest absolute Gasteiger partial charge is 0.455 e. The van der Waals surface area contributed by atoms with E-state index in [0.717, 1.165) is 5.56 Å². The Hall–Kier alpha value is -2.04. The Bertz CT molecular complexity index is 628. The van der Waals surface area contributed by atoms with Crippen LogP contribution in [0.3, 0.4) is 0 Å². The third-order valence-corrected chi connectivity index (χ3v) is 3.00. The number of nitrogens with zero attached hydrogens (tertiary/aromatic N) is 1. The Morgan fingerprint density at radius 1 is 1.10 bits per heavy atom.